The van der Waals surface area contributed by atoms with Crippen LogP contribution in [0.3, 0.4) is 0 Å². The standard InChI is InChI=1S/C68H113NO13/c1-3-5-7-9-11-13-15-17-19-21-22-23-24-25-26-27-28-29-30-31-32-33-34-36-38-40-42-44-46-48-50-52-60(73)69-56(57(72)51-49-47-45-43-41-39-37-35-20-18-16-14-12-10-8-6-4-2)55-79-67-65(78)63(76)66(59(54-71)81-67)82-68-64(77)62(75)61(74)58(53-70)80-68/h5,7,11,13,17,19,22-23,25-26,28-29,31-32,34,36,41,43,49,51,56-59,61-68,70-72,74-78H,3-4,6,8-10,12,14-16,18,20-21,24,27,30,33,35,37-40,42,44-48,50,52-55H2,1-2H3,(H,69,73)/b7-5-,13-11-,19-17-,23-22-,26-25-,29-28-,32-31-,36-34-,43-41+,51-49+. The molecular weight excluding hydrogens is 1040 g/mol. The summed E-state index contributed by atoms with van der Waals surface area (Å²) in [5, 5.41) is 87.2. The van der Waals surface area contributed by atoms with E-state index < -0.39 is 86.8 Å². The molecule has 0 spiro atoms. The highest BCUT2D eigenvalue weighted by Gasteiger charge is 2.51. The molecule has 14 heteroatoms. The van der Waals surface area contributed by atoms with Crippen molar-refractivity contribution >= 4 is 5.91 Å². The van der Waals surface area contributed by atoms with Gasteiger partial charge in [0.1, 0.15) is 48.8 Å². The van der Waals surface area contributed by atoms with E-state index in [9.17, 15) is 45.6 Å². The molecule has 12 atom stereocenters. The summed E-state index contributed by atoms with van der Waals surface area (Å²) in [4.78, 5) is 13.3. The number of allylic oxidation sites excluding steroid dienone is 19. The summed E-state index contributed by atoms with van der Waals surface area (Å²) in [6, 6.07) is -0.949. The van der Waals surface area contributed by atoms with Gasteiger partial charge in [-0.1, -0.05) is 225 Å². The third-order valence-corrected chi connectivity index (χ3v) is 14.6. The second-order valence-electron chi connectivity index (χ2n) is 21.8. The maximum Gasteiger partial charge on any atom is 0.220 e. The van der Waals surface area contributed by atoms with Crippen LogP contribution < -0.4 is 5.32 Å². The lowest BCUT2D eigenvalue weighted by atomic mass is 9.97. The smallest absolute Gasteiger partial charge is 0.220 e. The number of hydrogen-bond acceptors (Lipinski definition) is 13. The molecule has 2 saturated heterocycles. The lowest BCUT2D eigenvalue weighted by Gasteiger charge is -2.46. The molecule has 0 aromatic rings. The van der Waals surface area contributed by atoms with Crippen molar-refractivity contribution in [2.45, 2.75) is 280 Å². The average Bonchev–Trinajstić information content (AvgIpc) is 3.52. The number of amides is 1. The first-order chi connectivity index (χ1) is 40.1. The van der Waals surface area contributed by atoms with Crippen LogP contribution in [-0.2, 0) is 23.7 Å². The number of aliphatic hydroxyl groups excluding tert-OH is 8. The summed E-state index contributed by atoms with van der Waals surface area (Å²) in [7, 11) is 0. The Bertz CT molecular complexity index is 1840. The molecule has 0 aliphatic carbocycles. The van der Waals surface area contributed by atoms with Crippen LogP contribution in [0.5, 0.6) is 0 Å². The minimum Gasteiger partial charge on any atom is -0.394 e. The molecule has 2 aliphatic rings. The SMILES string of the molecule is CC/C=C\C/C=C\C/C=C\C/C=C\C/C=C\C/C=C\C/C=C\C/C=C\CCCCCCCCC(=O)NC(COC1OC(CO)C(OC2OC(CO)C(O)C(O)C2O)C(O)C1O)C(O)/C=C/CC/C=C/CCCCCCCCCCCCC. The van der Waals surface area contributed by atoms with Gasteiger partial charge in [-0.3, -0.25) is 4.79 Å². The number of carbonyl (C=O) groups is 1. The number of ether oxygens (including phenoxy) is 4. The Kier molecular flexibility index (Phi) is 47.0. The number of carbonyl (C=O) groups excluding carboxylic acids is 1. The van der Waals surface area contributed by atoms with E-state index in [1.807, 2.05) is 6.08 Å². The van der Waals surface area contributed by atoms with Crippen LogP contribution in [0.1, 0.15) is 206 Å². The summed E-state index contributed by atoms with van der Waals surface area (Å²) in [5.74, 6) is -0.269. The normalized spacial score (nSPS) is 24.8. The van der Waals surface area contributed by atoms with Crippen LogP contribution in [0.25, 0.3) is 0 Å². The Morgan fingerprint density at radius 2 is 0.854 bits per heavy atom. The zero-order valence-electron chi connectivity index (χ0n) is 50.4. The number of aliphatic hydroxyl groups is 8. The van der Waals surface area contributed by atoms with E-state index in [2.05, 4.69) is 129 Å². The third kappa shape index (κ3) is 36.3. The lowest BCUT2D eigenvalue weighted by Crippen LogP contribution is -2.65. The second-order valence-corrected chi connectivity index (χ2v) is 21.8. The topological polar surface area (TPSA) is 228 Å². The van der Waals surface area contributed by atoms with Gasteiger partial charge in [0.25, 0.3) is 0 Å². The number of hydrogen-bond donors (Lipinski definition) is 9. The van der Waals surface area contributed by atoms with Gasteiger partial charge in [0.15, 0.2) is 12.6 Å². The highest BCUT2D eigenvalue weighted by Crippen LogP contribution is 2.30. The maximum absolute atomic E-state index is 13.3. The second kappa shape index (κ2) is 51.8. The Morgan fingerprint density at radius 1 is 0.451 bits per heavy atom. The molecule has 82 heavy (non-hydrogen) atoms. The quantitative estimate of drug-likeness (QED) is 0.0204. The number of rotatable bonds is 49. The maximum atomic E-state index is 13.3. The molecule has 9 N–H and O–H groups in total. The number of nitrogens with one attached hydrogen (secondary N) is 1. The minimum absolute atomic E-state index is 0.248. The molecule has 0 aromatic carbocycles. The van der Waals surface area contributed by atoms with Crippen LogP contribution in [0.2, 0.25) is 0 Å². The van der Waals surface area contributed by atoms with Gasteiger partial charge >= 0.3 is 0 Å². The monoisotopic (exact) mass is 1150 g/mol. The van der Waals surface area contributed by atoms with Crippen molar-refractivity contribution in [3.05, 3.63) is 122 Å². The summed E-state index contributed by atoms with van der Waals surface area (Å²) in [6.07, 6.45) is 58.0. The molecule has 2 rings (SSSR count). The Morgan fingerprint density at radius 3 is 1.34 bits per heavy atom. The van der Waals surface area contributed by atoms with E-state index in [0.29, 0.717) is 12.8 Å². The van der Waals surface area contributed by atoms with Crippen molar-refractivity contribution in [1.82, 2.24) is 5.32 Å². The van der Waals surface area contributed by atoms with E-state index in [0.717, 1.165) is 103 Å². The Hall–Kier alpha value is -3.61. The van der Waals surface area contributed by atoms with Crippen molar-refractivity contribution in [1.29, 1.82) is 0 Å². The fourth-order valence-corrected chi connectivity index (χ4v) is 9.56. The molecule has 14 nitrogen and oxygen atoms in total. The predicted octanol–water partition coefficient (Wildman–Crippen LogP) is 11.8. The van der Waals surface area contributed by atoms with E-state index in [4.69, 9.17) is 18.9 Å². The van der Waals surface area contributed by atoms with Crippen molar-refractivity contribution in [2.75, 3.05) is 19.8 Å². The molecule has 0 saturated carbocycles. The van der Waals surface area contributed by atoms with Crippen LogP contribution in [-0.4, -0.2) is 140 Å². The molecule has 2 aliphatic heterocycles. The van der Waals surface area contributed by atoms with Crippen LogP contribution in [0, 0.1) is 0 Å². The summed E-state index contributed by atoms with van der Waals surface area (Å²) in [5.41, 5.74) is 0. The largest absolute Gasteiger partial charge is 0.394 e. The zero-order chi connectivity index (χ0) is 59.5. The van der Waals surface area contributed by atoms with Crippen molar-refractivity contribution in [3.63, 3.8) is 0 Å². The average molecular weight is 1150 g/mol. The summed E-state index contributed by atoms with van der Waals surface area (Å²) < 4.78 is 22.8. The number of unbranched alkanes of at least 4 members (excludes halogenated alkanes) is 18. The van der Waals surface area contributed by atoms with Gasteiger partial charge in [0.2, 0.25) is 5.91 Å². The van der Waals surface area contributed by atoms with E-state index in [1.165, 1.54) is 70.6 Å². The molecular formula is C68H113NO13. The minimum atomic E-state index is -1.80. The first kappa shape index (κ1) is 74.5. The molecule has 0 radical (unpaired) electrons. The molecule has 12 unspecified atom stereocenters. The molecule has 468 valence electrons. The van der Waals surface area contributed by atoms with Gasteiger partial charge in [-0.2, -0.15) is 0 Å². The van der Waals surface area contributed by atoms with Crippen LogP contribution in [0.15, 0.2) is 122 Å². The highest BCUT2D eigenvalue weighted by molar-refractivity contribution is 5.76. The Labute approximate surface area is 495 Å². The lowest BCUT2D eigenvalue weighted by molar-refractivity contribution is -0.359. The zero-order valence-corrected chi connectivity index (χ0v) is 50.4. The van der Waals surface area contributed by atoms with Gasteiger partial charge in [-0.05, 0) is 96.3 Å². The molecule has 1 amide bonds. The third-order valence-electron chi connectivity index (χ3n) is 14.6. The van der Waals surface area contributed by atoms with E-state index in [-0.39, 0.29) is 18.9 Å². The predicted molar refractivity (Wildman–Crippen MR) is 332 cm³/mol. The summed E-state index contributed by atoms with van der Waals surface area (Å²) >= 11 is 0. The van der Waals surface area contributed by atoms with Gasteiger partial charge in [-0.15, -0.1) is 0 Å². The van der Waals surface area contributed by atoms with Gasteiger partial charge in [0, 0.05) is 6.42 Å². The first-order valence-electron chi connectivity index (χ1n) is 31.8. The molecule has 2 fully saturated rings. The fourth-order valence-electron chi connectivity index (χ4n) is 9.56. The van der Waals surface area contributed by atoms with Crippen molar-refractivity contribution in [2.24, 2.45) is 0 Å². The molecule has 2 heterocycles. The van der Waals surface area contributed by atoms with Gasteiger partial charge < -0.3 is 65.1 Å². The van der Waals surface area contributed by atoms with Crippen LogP contribution in [0.4, 0.5) is 0 Å². The van der Waals surface area contributed by atoms with Crippen molar-refractivity contribution in [3.8, 4) is 0 Å². The first-order valence-corrected chi connectivity index (χ1v) is 31.8. The fraction of sp³-hybridized carbons (Fsp3) is 0.691. The van der Waals surface area contributed by atoms with Crippen LogP contribution >= 0.6 is 0 Å². The van der Waals surface area contributed by atoms with Gasteiger partial charge in [0.05, 0.1) is 32.0 Å². The van der Waals surface area contributed by atoms with Gasteiger partial charge in [-0.25, -0.2) is 0 Å². The Balaban J connectivity index is 1.74. The summed E-state index contributed by atoms with van der Waals surface area (Å²) in [6.45, 7) is 2.64. The molecule has 0 bridgehead atoms. The highest BCUT2D eigenvalue weighted by atomic mass is 16.7. The van der Waals surface area contributed by atoms with E-state index in [1.54, 1.807) is 6.08 Å². The van der Waals surface area contributed by atoms with Crippen molar-refractivity contribution < 1.29 is 64.6 Å². The molecule has 0 aromatic heterocycles. The van der Waals surface area contributed by atoms with E-state index >= 15 is 0 Å².